The summed E-state index contributed by atoms with van der Waals surface area (Å²) in [5.41, 5.74) is 0. The number of ether oxygens (including phenoxy) is 2. The van der Waals surface area contributed by atoms with Crippen molar-refractivity contribution in [3.05, 3.63) is 12.2 Å². The summed E-state index contributed by atoms with van der Waals surface area (Å²) >= 11 is 0. The molecule has 2 atom stereocenters. The third-order valence-corrected chi connectivity index (χ3v) is 10.3. The predicted octanol–water partition coefficient (Wildman–Crippen LogP) is 12.3. The van der Waals surface area contributed by atoms with E-state index in [1.807, 2.05) is 21.1 Å². The molecule has 0 aromatic rings. The summed E-state index contributed by atoms with van der Waals surface area (Å²) in [6.45, 7) is 5.64. The number of phosphoric acid groups is 1. The second-order valence-corrected chi connectivity index (χ2v) is 17.2. The summed E-state index contributed by atoms with van der Waals surface area (Å²) in [5, 5.41) is 0. The molecule has 0 fully saturated rings. The lowest BCUT2D eigenvalue weighted by Gasteiger charge is -2.24. The lowest BCUT2D eigenvalue weighted by atomic mass is 10.0. The van der Waals surface area contributed by atoms with E-state index in [0.717, 1.165) is 32.1 Å². The molecule has 0 aliphatic rings. The maximum absolute atomic E-state index is 12.7. The lowest BCUT2D eigenvalue weighted by molar-refractivity contribution is -0.870. The van der Waals surface area contributed by atoms with E-state index in [0.29, 0.717) is 24.1 Å². The molecule has 0 aliphatic carbocycles. The second-order valence-electron chi connectivity index (χ2n) is 15.7. The van der Waals surface area contributed by atoms with E-state index in [2.05, 4.69) is 26.0 Å². The third kappa shape index (κ3) is 40.3. The Labute approximate surface area is 316 Å². The van der Waals surface area contributed by atoms with Crippen LogP contribution in [-0.4, -0.2) is 75.6 Å². The van der Waals surface area contributed by atoms with Gasteiger partial charge in [-0.3, -0.25) is 13.8 Å². The highest BCUT2D eigenvalue weighted by atomic mass is 31.2. The Morgan fingerprint density at radius 2 is 1.02 bits per heavy atom. The smallest absolute Gasteiger partial charge is 0.457 e. The van der Waals surface area contributed by atoms with Crippen molar-refractivity contribution in [2.24, 2.45) is 0 Å². The SMILES string of the molecule is CCCCCC/C=C\CCCCCCCCCC(=O)O[C@H](COCCCCCCCCCCCCCCCC)COP(=O)(O)OCC[N+](C)(C)C. The number of hydrogen-bond acceptors (Lipinski definition) is 6. The van der Waals surface area contributed by atoms with Crippen molar-refractivity contribution in [3.63, 3.8) is 0 Å². The highest BCUT2D eigenvalue weighted by molar-refractivity contribution is 7.47. The van der Waals surface area contributed by atoms with Gasteiger partial charge >= 0.3 is 13.8 Å². The molecule has 0 radical (unpaired) electrons. The molecule has 51 heavy (non-hydrogen) atoms. The number of phosphoric ester groups is 1. The van der Waals surface area contributed by atoms with Gasteiger partial charge in [0.05, 0.1) is 34.4 Å². The summed E-state index contributed by atoms with van der Waals surface area (Å²) < 4.78 is 35.0. The van der Waals surface area contributed by atoms with Crippen molar-refractivity contribution in [2.45, 2.75) is 200 Å². The average Bonchev–Trinajstić information content (AvgIpc) is 3.08. The third-order valence-electron chi connectivity index (χ3n) is 9.33. The molecule has 0 heterocycles. The van der Waals surface area contributed by atoms with Crippen LogP contribution in [0, 0.1) is 0 Å². The van der Waals surface area contributed by atoms with Crippen LogP contribution in [0.1, 0.15) is 194 Å². The fourth-order valence-electron chi connectivity index (χ4n) is 5.96. The highest BCUT2D eigenvalue weighted by Gasteiger charge is 2.26. The quantitative estimate of drug-likeness (QED) is 0.0219. The summed E-state index contributed by atoms with van der Waals surface area (Å²) in [4.78, 5) is 22.8. The molecule has 8 nitrogen and oxygen atoms in total. The number of hydrogen-bond donors (Lipinski definition) is 1. The summed E-state index contributed by atoms with van der Waals surface area (Å²) in [5.74, 6) is -0.316. The number of esters is 1. The van der Waals surface area contributed by atoms with E-state index in [-0.39, 0.29) is 25.8 Å². The van der Waals surface area contributed by atoms with Crippen LogP contribution in [0.5, 0.6) is 0 Å². The molecule has 0 aromatic carbocycles. The van der Waals surface area contributed by atoms with Crippen LogP contribution in [0.3, 0.4) is 0 Å². The first-order valence-corrected chi connectivity index (χ1v) is 22.9. The van der Waals surface area contributed by atoms with Gasteiger partial charge in [-0.05, 0) is 38.5 Å². The van der Waals surface area contributed by atoms with E-state index in [4.69, 9.17) is 18.5 Å². The monoisotopic (exact) mass is 747 g/mol. The van der Waals surface area contributed by atoms with Crippen LogP contribution in [0.25, 0.3) is 0 Å². The Hall–Kier alpha value is -0.760. The van der Waals surface area contributed by atoms with Crippen LogP contribution < -0.4 is 0 Å². The molecular weight excluding hydrogens is 661 g/mol. The summed E-state index contributed by atoms with van der Waals surface area (Å²) in [7, 11) is 1.67. The van der Waals surface area contributed by atoms with Crippen molar-refractivity contribution < 1.29 is 37.3 Å². The van der Waals surface area contributed by atoms with Gasteiger partial charge in [-0.2, -0.15) is 0 Å². The van der Waals surface area contributed by atoms with Crippen molar-refractivity contribution in [1.29, 1.82) is 0 Å². The fraction of sp³-hybridized carbons (Fsp3) is 0.929. The molecule has 0 rings (SSSR count). The minimum absolute atomic E-state index is 0.0909. The number of quaternary nitrogens is 1. The molecule has 304 valence electrons. The van der Waals surface area contributed by atoms with Gasteiger partial charge in [-0.25, -0.2) is 4.57 Å². The normalized spacial score (nSPS) is 13.9. The van der Waals surface area contributed by atoms with Gasteiger partial charge in [0.25, 0.3) is 0 Å². The highest BCUT2D eigenvalue weighted by Crippen LogP contribution is 2.43. The first-order valence-electron chi connectivity index (χ1n) is 21.4. The van der Waals surface area contributed by atoms with Gasteiger partial charge in [-0.1, -0.05) is 161 Å². The average molecular weight is 747 g/mol. The van der Waals surface area contributed by atoms with Crippen molar-refractivity contribution >= 4 is 13.8 Å². The Bertz CT molecular complexity index is 833. The topological polar surface area (TPSA) is 91.3 Å². The Morgan fingerprint density at radius 3 is 1.51 bits per heavy atom. The van der Waals surface area contributed by atoms with Crippen LogP contribution in [-0.2, 0) is 27.9 Å². The zero-order valence-corrected chi connectivity index (χ0v) is 35.3. The van der Waals surface area contributed by atoms with Gasteiger partial charge in [0.2, 0.25) is 0 Å². The maximum Gasteiger partial charge on any atom is 0.472 e. The van der Waals surface area contributed by atoms with Gasteiger partial charge in [0, 0.05) is 13.0 Å². The van der Waals surface area contributed by atoms with E-state index < -0.39 is 13.9 Å². The zero-order chi connectivity index (χ0) is 37.7. The first kappa shape index (κ1) is 50.2. The zero-order valence-electron chi connectivity index (χ0n) is 34.4. The summed E-state index contributed by atoms with van der Waals surface area (Å²) in [6, 6.07) is 0. The van der Waals surface area contributed by atoms with Crippen molar-refractivity contribution in [1.82, 2.24) is 0 Å². The Kier molecular flexibility index (Phi) is 35.7. The summed E-state index contributed by atoms with van der Waals surface area (Å²) in [6.07, 6.45) is 38.0. The molecule has 9 heteroatoms. The predicted molar refractivity (Wildman–Crippen MR) is 215 cm³/mol. The van der Waals surface area contributed by atoms with Crippen LogP contribution in [0.2, 0.25) is 0 Å². The molecule has 0 saturated heterocycles. The van der Waals surface area contributed by atoms with E-state index in [1.165, 1.54) is 141 Å². The molecule has 0 aromatic heterocycles. The lowest BCUT2D eigenvalue weighted by Crippen LogP contribution is -2.37. The standard InChI is InChI=1S/C42H84NO7P/c1-6-8-10-12-14-16-18-20-22-23-25-27-29-31-33-35-42(44)50-41(40-49-51(45,46)48-38-36-43(3,4)5)39-47-37-34-32-30-28-26-24-21-19-17-15-13-11-9-7-2/h16,18,41H,6-15,17,19-40H2,1-5H3/p+1/b18-16-/t41-/m1/s1. The number of nitrogens with zero attached hydrogens (tertiary/aromatic N) is 1. The Morgan fingerprint density at radius 1 is 0.588 bits per heavy atom. The number of carbonyl (C=O) groups is 1. The van der Waals surface area contributed by atoms with Gasteiger partial charge in [0.15, 0.2) is 0 Å². The second kappa shape index (κ2) is 36.2. The van der Waals surface area contributed by atoms with Crippen LogP contribution in [0.15, 0.2) is 12.2 Å². The molecule has 0 spiro atoms. The van der Waals surface area contributed by atoms with Crippen LogP contribution >= 0.6 is 7.82 Å². The van der Waals surface area contributed by atoms with E-state index in [9.17, 15) is 14.3 Å². The molecule has 0 amide bonds. The molecular formula is C42H85NO7P+. The maximum atomic E-state index is 12.7. The van der Waals surface area contributed by atoms with E-state index >= 15 is 0 Å². The largest absolute Gasteiger partial charge is 0.472 e. The molecule has 1 N–H and O–H groups in total. The van der Waals surface area contributed by atoms with Crippen molar-refractivity contribution in [2.75, 3.05) is 54.1 Å². The van der Waals surface area contributed by atoms with E-state index in [1.54, 1.807) is 0 Å². The number of rotatable bonds is 40. The number of unbranched alkanes of at least 4 members (excludes halogenated alkanes) is 24. The van der Waals surface area contributed by atoms with Crippen molar-refractivity contribution in [3.8, 4) is 0 Å². The van der Waals surface area contributed by atoms with Gasteiger partial charge < -0.3 is 18.9 Å². The van der Waals surface area contributed by atoms with Crippen LogP contribution in [0.4, 0.5) is 0 Å². The number of allylic oxidation sites excluding steroid dienone is 2. The van der Waals surface area contributed by atoms with Gasteiger partial charge in [-0.15, -0.1) is 0 Å². The first-order chi connectivity index (χ1) is 24.6. The minimum Gasteiger partial charge on any atom is -0.457 e. The number of carbonyl (C=O) groups excluding carboxylic acids is 1. The number of likely N-dealkylation sites (N-methyl/N-ethyl adjacent to an activating group) is 1. The molecule has 0 saturated carbocycles. The Balaban J connectivity index is 4.23. The van der Waals surface area contributed by atoms with Gasteiger partial charge in [0.1, 0.15) is 19.3 Å². The fourth-order valence-corrected chi connectivity index (χ4v) is 6.70. The molecule has 1 unspecified atom stereocenters. The minimum atomic E-state index is -4.27. The molecule has 0 aliphatic heterocycles. The molecule has 0 bridgehead atoms.